The molecular formula is C23H27FN2O3. The number of likely N-dealkylation sites (tertiary alicyclic amines) is 1. The van der Waals surface area contributed by atoms with E-state index in [1.807, 2.05) is 36.1 Å². The molecule has 2 aromatic rings. The van der Waals surface area contributed by atoms with Gasteiger partial charge >= 0.3 is 0 Å². The molecule has 0 saturated carbocycles. The van der Waals surface area contributed by atoms with Crippen molar-refractivity contribution >= 4 is 11.8 Å². The fourth-order valence-corrected chi connectivity index (χ4v) is 3.50. The Morgan fingerprint density at radius 2 is 1.59 bits per heavy atom. The maximum absolute atomic E-state index is 13.0. The third-order valence-corrected chi connectivity index (χ3v) is 5.08. The second-order valence-corrected chi connectivity index (χ2v) is 7.28. The van der Waals surface area contributed by atoms with Gasteiger partial charge in [0, 0.05) is 19.1 Å². The van der Waals surface area contributed by atoms with Crippen molar-refractivity contribution in [2.45, 2.75) is 38.6 Å². The average Bonchev–Trinajstić information content (AvgIpc) is 2.72. The van der Waals surface area contributed by atoms with E-state index in [4.69, 9.17) is 4.74 Å². The molecule has 1 aliphatic rings. The molecule has 1 saturated heterocycles. The van der Waals surface area contributed by atoms with Crippen molar-refractivity contribution in [2.75, 3.05) is 19.7 Å². The molecule has 0 atom stereocenters. The summed E-state index contributed by atoms with van der Waals surface area (Å²) in [4.78, 5) is 26.6. The molecule has 0 aromatic heterocycles. The summed E-state index contributed by atoms with van der Waals surface area (Å²) in [5.74, 6) is 0.526. The van der Waals surface area contributed by atoms with E-state index in [0.29, 0.717) is 26.1 Å². The molecule has 0 unspecified atom stereocenters. The normalized spacial score (nSPS) is 14.5. The molecule has 0 aliphatic carbocycles. The number of piperidine rings is 1. The molecule has 1 N–H and O–H groups in total. The molecule has 0 radical (unpaired) electrons. The largest absolute Gasteiger partial charge is 0.494 e. The molecule has 154 valence electrons. The van der Waals surface area contributed by atoms with Gasteiger partial charge in [-0.25, -0.2) is 4.39 Å². The summed E-state index contributed by atoms with van der Waals surface area (Å²) in [6.07, 6.45) is 2.08. The second kappa shape index (κ2) is 10.0. The van der Waals surface area contributed by atoms with E-state index < -0.39 is 0 Å². The maximum Gasteiger partial charge on any atom is 0.226 e. The van der Waals surface area contributed by atoms with Crippen LogP contribution in [0.5, 0.6) is 5.75 Å². The van der Waals surface area contributed by atoms with Crippen molar-refractivity contribution in [1.29, 1.82) is 0 Å². The summed E-state index contributed by atoms with van der Waals surface area (Å²) < 4.78 is 18.4. The second-order valence-electron chi connectivity index (χ2n) is 7.28. The van der Waals surface area contributed by atoms with E-state index in [2.05, 4.69) is 5.32 Å². The Labute approximate surface area is 170 Å². The van der Waals surface area contributed by atoms with Crippen LogP contribution in [0.4, 0.5) is 4.39 Å². The third-order valence-electron chi connectivity index (χ3n) is 5.08. The van der Waals surface area contributed by atoms with Gasteiger partial charge in [0.1, 0.15) is 11.6 Å². The number of hydrogen-bond acceptors (Lipinski definition) is 3. The van der Waals surface area contributed by atoms with Crippen molar-refractivity contribution in [3.63, 3.8) is 0 Å². The van der Waals surface area contributed by atoms with Crippen LogP contribution in [-0.2, 0) is 22.4 Å². The zero-order valence-electron chi connectivity index (χ0n) is 16.7. The van der Waals surface area contributed by atoms with Crippen LogP contribution >= 0.6 is 0 Å². The van der Waals surface area contributed by atoms with Crippen LogP contribution in [-0.4, -0.2) is 42.5 Å². The predicted octanol–water partition coefficient (Wildman–Crippen LogP) is 3.12. The Morgan fingerprint density at radius 1 is 1.00 bits per heavy atom. The lowest BCUT2D eigenvalue weighted by Gasteiger charge is -2.32. The van der Waals surface area contributed by atoms with Gasteiger partial charge in [-0.1, -0.05) is 24.3 Å². The van der Waals surface area contributed by atoms with Crippen LogP contribution in [0.3, 0.4) is 0 Å². The lowest BCUT2D eigenvalue weighted by atomic mass is 10.0. The predicted molar refractivity (Wildman–Crippen MR) is 109 cm³/mol. The van der Waals surface area contributed by atoms with Crippen LogP contribution in [0, 0.1) is 5.82 Å². The zero-order chi connectivity index (χ0) is 20.6. The molecule has 1 aliphatic heterocycles. The molecular weight excluding hydrogens is 371 g/mol. The van der Waals surface area contributed by atoms with E-state index in [1.54, 1.807) is 12.1 Å². The highest BCUT2D eigenvalue weighted by Crippen LogP contribution is 2.15. The van der Waals surface area contributed by atoms with Gasteiger partial charge < -0.3 is 15.0 Å². The molecule has 0 bridgehead atoms. The van der Waals surface area contributed by atoms with Gasteiger partial charge in [0.2, 0.25) is 11.8 Å². The van der Waals surface area contributed by atoms with Crippen molar-refractivity contribution in [2.24, 2.45) is 0 Å². The van der Waals surface area contributed by atoms with Crippen LogP contribution in [0.1, 0.15) is 30.9 Å². The number of ether oxygens (including phenoxy) is 1. The highest BCUT2D eigenvalue weighted by atomic mass is 19.1. The Morgan fingerprint density at radius 3 is 2.21 bits per heavy atom. The molecule has 29 heavy (non-hydrogen) atoms. The van der Waals surface area contributed by atoms with E-state index >= 15 is 0 Å². The van der Waals surface area contributed by atoms with Crippen LogP contribution in [0.25, 0.3) is 0 Å². The lowest BCUT2D eigenvalue weighted by Crippen LogP contribution is -2.47. The smallest absolute Gasteiger partial charge is 0.226 e. The van der Waals surface area contributed by atoms with E-state index in [0.717, 1.165) is 29.7 Å². The fourth-order valence-electron chi connectivity index (χ4n) is 3.50. The number of carbonyl (C=O) groups excluding carboxylic acids is 2. The van der Waals surface area contributed by atoms with Crippen molar-refractivity contribution in [1.82, 2.24) is 10.2 Å². The average molecular weight is 398 g/mol. The van der Waals surface area contributed by atoms with Gasteiger partial charge in [0.25, 0.3) is 0 Å². The molecule has 5 nitrogen and oxygen atoms in total. The zero-order valence-corrected chi connectivity index (χ0v) is 16.7. The number of nitrogens with one attached hydrogen (secondary N) is 1. The Kier molecular flexibility index (Phi) is 7.22. The SMILES string of the molecule is CCOc1ccc(CC(=O)NC2CCN(C(=O)Cc3ccc(F)cc3)CC2)cc1. The standard InChI is InChI=1S/C23H27FN2O3/c1-2-29-21-9-5-17(6-10-21)15-22(27)25-20-11-13-26(14-12-20)23(28)16-18-3-7-19(24)8-4-18/h3-10,20H,2,11-16H2,1H3,(H,25,27). The molecule has 1 fully saturated rings. The number of hydrogen-bond donors (Lipinski definition) is 1. The number of amides is 2. The van der Waals surface area contributed by atoms with Gasteiger partial charge in [-0.05, 0) is 55.2 Å². The van der Waals surface area contributed by atoms with Gasteiger partial charge in [0.05, 0.1) is 19.4 Å². The molecule has 6 heteroatoms. The summed E-state index contributed by atoms with van der Waals surface area (Å²) >= 11 is 0. The summed E-state index contributed by atoms with van der Waals surface area (Å²) in [7, 11) is 0. The van der Waals surface area contributed by atoms with E-state index in [-0.39, 0.29) is 30.1 Å². The number of nitrogens with zero attached hydrogens (tertiary/aromatic N) is 1. The topological polar surface area (TPSA) is 58.6 Å². The van der Waals surface area contributed by atoms with Crippen LogP contribution in [0.2, 0.25) is 0 Å². The van der Waals surface area contributed by atoms with Crippen LogP contribution in [0.15, 0.2) is 48.5 Å². The minimum absolute atomic E-state index is 0.00903. The van der Waals surface area contributed by atoms with Gasteiger partial charge in [-0.15, -0.1) is 0 Å². The molecule has 0 spiro atoms. The van der Waals surface area contributed by atoms with E-state index in [9.17, 15) is 14.0 Å². The molecule has 3 rings (SSSR count). The summed E-state index contributed by atoms with van der Waals surface area (Å²) in [5.41, 5.74) is 1.75. The first-order valence-corrected chi connectivity index (χ1v) is 10.1. The summed E-state index contributed by atoms with van der Waals surface area (Å²) in [5, 5.41) is 3.07. The minimum atomic E-state index is -0.303. The van der Waals surface area contributed by atoms with Crippen molar-refractivity contribution in [3.05, 3.63) is 65.5 Å². The highest BCUT2D eigenvalue weighted by Gasteiger charge is 2.23. The van der Waals surface area contributed by atoms with Gasteiger partial charge in [0.15, 0.2) is 0 Å². The summed E-state index contributed by atoms with van der Waals surface area (Å²) in [6.45, 7) is 3.79. The van der Waals surface area contributed by atoms with Crippen molar-refractivity contribution in [3.8, 4) is 5.75 Å². The minimum Gasteiger partial charge on any atom is -0.494 e. The number of benzene rings is 2. The fraction of sp³-hybridized carbons (Fsp3) is 0.391. The maximum atomic E-state index is 13.0. The molecule has 2 aromatic carbocycles. The first kappa shape index (κ1) is 20.8. The van der Waals surface area contributed by atoms with E-state index in [1.165, 1.54) is 12.1 Å². The Bertz CT molecular complexity index is 813. The lowest BCUT2D eigenvalue weighted by molar-refractivity contribution is -0.131. The molecule has 2 amide bonds. The van der Waals surface area contributed by atoms with Crippen molar-refractivity contribution < 1.29 is 18.7 Å². The quantitative estimate of drug-likeness (QED) is 0.780. The number of rotatable bonds is 7. The third kappa shape index (κ3) is 6.31. The first-order valence-electron chi connectivity index (χ1n) is 10.1. The highest BCUT2D eigenvalue weighted by molar-refractivity contribution is 5.80. The number of carbonyl (C=O) groups is 2. The summed E-state index contributed by atoms with van der Waals surface area (Å²) in [6, 6.07) is 13.7. The number of halogens is 1. The van der Waals surface area contributed by atoms with Gasteiger partial charge in [-0.3, -0.25) is 9.59 Å². The van der Waals surface area contributed by atoms with Gasteiger partial charge in [-0.2, -0.15) is 0 Å². The molecule has 1 heterocycles. The van der Waals surface area contributed by atoms with Crippen LogP contribution < -0.4 is 10.1 Å². The Hall–Kier alpha value is -2.89. The monoisotopic (exact) mass is 398 g/mol. The Balaban J connectivity index is 1.41. The first-order chi connectivity index (χ1) is 14.0.